The number of sulfonamides is 2. The standard InChI is InChI=1S/C51H63Cl2N7O10S2/c1-4-5-6-7-8-9-10-11-12-13-14-17-28-54-71(65,66)38-21-24-41(53)44(33-38)58-72(67,68)39-22-23-40(52)43(32-39)55-49(62)48(50(63)59-29-26-36-18-15-16-19-46(36)59)60-56-42-25-20-37(31-45(42)57-60)51(64)70-34-47(61)69-30-27-35(2)3/h15-16,18-25,31-33,35,48,54,58H,4-14,17,26-30,34H2,1-3H3,(H,55,62). The van der Waals surface area contributed by atoms with Crippen LogP contribution in [0.1, 0.15) is 126 Å². The summed E-state index contributed by atoms with van der Waals surface area (Å²) in [5.41, 5.74) is 1.37. The molecule has 1 unspecified atom stereocenters. The number of fused-ring (bicyclic) bond motifs is 2. The zero-order valence-corrected chi connectivity index (χ0v) is 44.0. The lowest BCUT2D eigenvalue weighted by molar-refractivity contribution is -0.147. The molecule has 0 aliphatic carbocycles. The van der Waals surface area contributed by atoms with Gasteiger partial charge < -0.3 is 19.7 Å². The predicted octanol–water partition coefficient (Wildman–Crippen LogP) is 10.0. The number of hydrogen-bond donors (Lipinski definition) is 3. The highest BCUT2D eigenvalue weighted by Crippen LogP contribution is 2.33. The van der Waals surface area contributed by atoms with Crippen molar-refractivity contribution in [3.8, 4) is 0 Å². The van der Waals surface area contributed by atoms with Crippen LogP contribution in [-0.2, 0) is 50.3 Å². The number of rotatable bonds is 28. The van der Waals surface area contributed by atoms with Crippen LogP contribution in [0.2, 0.25) is 10.0 Å². The van der Waals surface area contributed by atoms with Gasteiger partial charge in [-0.15, -0.1) is 0 Å². The van der Waals surface area contributed by atoms with E-state index in [0.717, 1.165) is 41.8 Å². The summed E-state index contributed by atoms with van der Waals surface area (Å²) in [7, 11) is -8.56. The minimum atomic E-state index is -4.52. The summed E-state index contributed by atoms with van der Waals surface area (Å²) in [5, 5.41) is 11.3. The second-order valence-electron chi connectivity index (χ2n) is 18.1. The summed E-state index contributed by atoms with van der Waals surface area (Å²) in [6.45, 7) is 6.20. The van der Waals surface area contributed by atoms with Gasteiger partial charge in [0.2, 0.25) is 16.1 Å². The van der Waals surface area contributed by atoms with Crippen LogP contribution in [0.25, 0.3) is 11.0 Å². The van der Waals surface area contributed by atoms with Crippen molar-refractivity contribution in [3.05, 3.63) is 100 Å². The van der Waals surface area contributed by atoms with E-state index in [0.29, 0.717) is 30.9 Å². The topological polar surface area (TPSA) is 225 Å². The minimum Gasteiger partial charge on any atom is -0.463 e. The van der Waals surface area contributed by atoms with E-state index in [1.54, 1.807) is 12.1 Å². The van der Waals surface area contributed by atoms with Crippen LogP contribution in [0.4, 0.5) is 17.1 Å². The van der Waals surface area contributed by atoms with Gasteiger partial charge in [0.15, 0.2) is 6.61 Å². The molecule has 21 heteroatoms. The Morgan fingerprint density at radius 3 is 2.00 bits per heavy atom. The predicted molar refractivity (Wildman–Crippen MR) is 278 cm³/mol. The molecule has 1 aromatic heterocycles. The fourth-order valence-electron chi connectivity index (χ4n) is 8.04. The SMILES string of the molecule is CCCCCCCCCCCCCCNS(=O)(=O)c1ccc(Cl)c(NS(=O)(=O)c2ccc(Cl)c(NC(=O)C(C(=O)N3CCc4ccccc43)n3nc4ccc(C(=O)OCC(=O)OCCC(C)C)cc4n3)c2)c1. The lowest BCUT2D eigenvalue weighted by Gasteiger charge is -2.23. The molecule has 6 rings (SSSR count). The van der Waals surface area contributed by atoms with E-state index in [2.05, 4.69) is 31.9 Å². The Balaban J connectivity index is 1.14. The van der Waals surface area contributed by atoms with Crippen molar-refractivity contribution in [2.45, 2.75) is 126 Å². The van der Waals surface area contributed by atoms with Crippen molar-refractivity contribution in [1.82, 2.24) is 19.7 Å². The molecule has 1 atom stereocenters. The molecule has 72 heavy (non-hydrogen) atoms. The van der Waals surface area contributed by atoms with E-state index in [-0.39, 0.29) is 67.5 Å². The third-order valence-corrected chi connectivity index (χ3v) is 15.6. The lowest BCUT2D eigenvalue weighted by Crippen LogP contribution is -2.43. The Kier molecular flexibility index (Phi) is 20.4. The first kappa shape index (κ1) is 55.7. The number of carbonyl (C=O) groups excluding carboxylic acids is 4. The first-order valence-corrected chi connectivity index (χ1v) is 28.2. The molecule has 2 heterocycles. The Labute approximate surface area is 431 Å². The van der Waals surface area contributed by atoms with Gasteiger partial charge in [-0.05, 0) is 91.4 Å². The summed E-state index contributed by atoms with van der Waals surface area (Å²) in [5.74, 6) is -2.94. The van der Waals surface area contributed by atoms with Crippen molar-refractivity contribution in [2.24, 2.45) is 5.92 Å². The third kappa shape index (κ3) is 15.5. The number of nitrogens with one attached hydrogen (secondary N) is 3. The van der Waals surface area contributed by atoms with Crippen molar-refractivity contribution in [1.29, 1.82) is 0 Å². The molecule has 1 aliphatic rings. The second-order valence-corrected chi connectivity index (χ2v) is 22.4. The van der Waals surface area contributed by atoms with Gasteiger partial charge in [0.25, 0.3) is 21.8 Å². The van der Waals surface area contributed by atoms with Gasteiger partial charge in [0.1, 0.15) is 11.0 Å². The van der Waals surface area contributed by atoms with E-state index in [1.165, 1.54) is 98.7 Å². The fourth-order valence-corrected chi connectivity index (χ4v) is 10.6. The summed E-state index contributed by atoms with van der Waals surface area (Å²) in [6.07, 6.45) is 14.8. The smallest absolute Gasteiger partial charge is 0.344 e. The molecular formula is C51H63Cl2N7O10S2. The van der Waals surface area contributed by atoms with Gasteiger partial charge in [-0.2, -0.15) is 15.0 Å². The van der Waals surface area contributed by atoms with Crippen LogP contribution >= 0.6 is 23.2 Å². The molecule has 0 saturated heterocycles. The van der Waals surface area contributed by atoms with Gasteiger partial charge in [-0.25, -0.2) is 31.1 Å². The average molecular weight is 1070 g/mol. The maximum atomic E-state index is 14.5. The van der Waals surface area contributed by atoms with Crippen molar-refractivity contribution in [2.75, 3.05) is 41.2 Å². The quantitative estimate of drug-likeness (QED) is 0.0242. The first-order valence-electron chi connectivity index (χ1n) is 24.5. The van der Waals surface area contributed by atoms with Crippen molar-refractivity contribution >= 4 is 95.1 Å². The Morgan fingerprint density at radius 1 is 0.708 bits per heavy atom. The Morgan fingerprint density at radius 2 is 1.32 bits per heavy atom. The van der Waals surface area contributed by atoms with Gasteiger partial charge in [-0.1, -0.05) is 133 Å². The molecule has 4 aromatic carbocycles. The number of anilines is 3. The number of amides is 2. The molecule has 0 bridgehead atoms. The van der Waals surface area contributed by atoms with Crippen LogP contribution in [0.15, 0.2) is 88.7 Å². The molecule has 5 aromatic rings. The van der Waals surface area contributed by atoms with Gasteiger partial charge >= 0.3 is 11.9 Å². The zero-order valence-electron chi connectivity index (χ0n) is 40.8. The van der Waals surface area contributed by atoms with Crippen LogP contribution in [0.5, 0.6) is 0 Å². The zero-order chi connectivity index (χ0) is 51.8. The number of nitrogens with zero attached hydrogens (tertiary/aromatic N) is 4. The minimum absolute atomic E-state index is 0.0140. The van der Waals surface area contributed by atoms with Gasteiger partial charge in [-0.3, -0.25) is 14.3 Å². The number of ether oxygens (including phenoxy) is 2. The molecule has 1 aliphatic heterocycles. The number of hydrogen-bond acceptors (Lipinski definition) is 12. The number of aromatic nitrogens is 3. The summed E-state index contributed by atoms with van der Waals surface area (Å²) < 4.78 is 69.6. The number of halogens is 2. The van der Waals surface area contributed by atoms with E-state index in [4.69, 9.17) is 32.7 Å². The van der Waals surface area contributed by atoms with E-state index in [9.17, 15) is 36.0 Å². The maximum Gasteiger partial charge on any atom is 0.344 e. The highest BCUT2D eigenvalue weighted by molar-refractivity contribution is 7.92. The van der Waals surface area contributed by atoms with Crippen LogP contribution in [0, 0.1) is 5.92 Å². The largest absolute Gasteiger partial charge is 0.463 e. The van der Waals surface area contributed by atoms with Gasteiger partial charge in [0.05, 0.1) is 43.4 Å². The Hall–Kier alpha value is -5.60. The van der Waals surface area contributed by atoms with Crippen molar-refractivity contribution < 1.29 is 45.5 Å². The number of benzene rings is 4. The molecule has 388 valence electrons. The number of carbonyl (C=O) groups is 4. The third-order valence-electron chi connectivity index (χ3n) is 12.1. The molecule has 3 N–H and O–H groups in total. The average Bonchev–Trinajstić information content (AvgIpc) is 3.97. The van der Waals surface area contributed by atoms with Crippen LogP contribution in [0.3, 0.4) is 0 Å². The molecule has 0 saturated carbocycles. The fraction of sp³-hybridized carbons (Fsp3) is 0.451. The highest BCUT2D eigenvalue weighted by Gasteiger charge is 2.38. The number of para-hydroxylation sites is 1. The lowest BCUT2D eigenvalue weighted by atomic mass is 10.1. The Bertz CT molecular complexity index is 2930. The normalized spacial score (nSPS) is 13.0. The van der Waals surface area contributed by atoms with E-state index >= 15 is 0 Å². The molecule has 0 spiro atoms. The van der Waals surface area contributed by atoms with E-state index < -0.39 is 56.4 Å². The second kappa shape index (κ2) is 26.4. The van der Waals surface area contributed by atoms with E-state index in [1.807, 2.05) is 26.0 Å². The summed E-state index contributed by atoms with van der Waals surface area (Å²) in [6, 6.07) is 16.7. The van der Waals surface area contributed by atoms with Crippen LogP contribution in [-0.4, -0.2) is 81.9 Å². The van der Waals surface area contributed by atoms with Gasteiger partial charge in [0, 0.05) is 18.8 Å². The summed E-state index contributed by atoms with van der Waals surface area (Å²) in [4.78, 5) is 55.8. The van der Waals surface area contributed by atoms with Crippen LogP contribution < -0.4 is 19.7 Å². The summed E-state index contributed by atoms with van der Waals surface area (Å²) >= 11 is 12.9. The first-order chi connectivity index (χ1) is 34.5. The monoisotopic (exact) mass is 1070 g/mol. The number of esters is 2. The van der Waals surface area contributed by atoms with Crippen molar-refractivity contribution in [3.63, 3.8) is 0 Å². The highest BCUT2D eigenvalue weighted by atomic mass is 35.5. The number of unbranched alkanes of at least 4 members (excludes halogenated alkanes) is 11. The molecule has 0 fully saturated rings. The molecule has 17 nitrogen and oxygen atoms in total. The maximum absolute atomic E-state index is 14.5. The molecule has 0 radical (unpaired) electrons. The molecular weight excluding hydrogens is 1010 g/mol. The molecule has 2 amide bonds.